The predicted molar refractivity (Wildman–Crippen MR) is 66.6 cm³/mol. The summed E-state index contributed by atoms with van der Waals surface area (Å²) in [4.78, 5) is 11.7. The minimum absolute atomic E-state index is 0.190. The number of anilines is 1. The molecule has 0 saturated heterocycles. The van der Waals surface area contributed by atoms with Gasteiger partial charge in [-0.2, -0.15) is 0 Å². The van der Waals surface area contributed by atoms with Crippen LogP contribution in [0.2, 0.25) is 0 Å². The third kappa shape index (κ3) is 2.81. The van der Waals surface area contributed by atoms with Crippen LogP contribution in [-0.2, 0) is 4.74 Å². The molecular weight excluding hydrogens is 234 g/mol. The molecule has 1 aromatic heterocycles. The van der Waals surface area contributed by atoms with Gasteiger partial charge in [-0.15, -0.1) is 0 Å². The highest BCUT2D eigenvalue weighted by molar-refractivity contribution is 5.89. The summed E-state index contributed by atoms with van der Waals surface area (Å²) < 4.78 is 10.4. The molecule has 0 radical (unpaired) electrons. The van der Waals surface area contributed by atoms with Gasteiger partial charge < -0.3 is 14.6 Å². The number of hydrogen-bond donors (Lipinski definition) is 2. The Labute approximate surface area is 106 Å². The van der Waals surface area contributed by atoms with Crippen molar-refractivity contribution in [1.29, 1.82) is 0 Å². The first-order valence-corrected chi connectivity index (χ1v) is 6.22. The molecule has 6 nitrogen and oxygen atoms in total. The molecule has 1 heterocycles. The lowest BCUT2D eigenvalue weighted by Gasteiger charge is -2.35. The fourth-order valence-electron chi connectivity index (χ4n) is 1.92. The number of rotatable bonds is 4. The van der Waals surface area contributed by atoms with Crippen LogP contribution in [0.4, 0.5) is 10.6 Å². The Kier molecular flexibility index (Phi) is 3.86. The summed E-state index contributed by atoms with van der Waals surface area (Å²) in [6.07, 6.45) is 2.03. The van der Waals surface area contributed by atoms with Crippen molar-refractivity contribution in [2.24, 2.45) is 0 Å². The number of nitrogens with one attached hydrogen (secondary N) is 2. The van der Waals surface area contributed by atoms with Gasteiger partial charge in [-0.1, -0.05) is 5.16 Å². The van der Waals surface area contributed by atoms with Crippen LogP contribution in [0.15, 0.2) is 4.52 Å². The number of carbonyl (C=O) groups excluding carboxylic acids is 1. The first-order chi connectivity index (χ1) is 8.60. The van der Waals surface area contributed by atoms with Gasteiger partial charge in [0.25, 0.3) is 0 Å². The minimum Gasteiger partial charge on any atom is -0.378 e. The van der Waals surface area contributed by atoms with Crippen molar-refractivity contribution in [3.8, 4) is 0 Å². The molecule has 1 fully saturated rings. The molecule has 18 heavy (non-hydrogen) atoms. The van der Waals surface area contributed by atoms with Crippen molar-refractivity contribution >= 4 is 11.8 Å². The normalized spacial score (nSPS) is 22.4. The highest BCUT2D eigenvalue weighted by Crippen LogP contribution is 2.23. The molecule has 2 amide bonds. The van der Waals surface area contributed by atoms with E-state index in [9.17, 15) is 4.79 Å². The minimum atomic E-state index is -0.244. The average molecular weight is 253 g/mol. The molecule has 0 spiro atoms. The molecular formula is C12H19N3O3. The Balaban J connectivity index is 1.75. The van der Waals surface area contributed by atoms with Crippen molar-refractivity contribution in [2.45, 2.75) is 45.8 Å². The maximum Gasteiger partial charge on any atom is 0.320 e. The van der Waals surface area contributed by atoms with E-state index in [2.05, 4.69) is 15.8 Å². The lowest BCUT2D eigenvalue weighted by molar-refractivity contribution is -0.00673. The maximum absolute atomic E-state index is 11.7. The molecule has 2 N–H and O–H groups in total. The van der Waals surface area contributed by atoms with Gasteiger partial charge >= 0.3 is 6.03 Å². The number of carbonyl (C=O) groups is 1. The fraction of sp³-hybridized carbons (Fsp3) is 0.667. The fourth-order valence-corrected chi connectivity index (χ4v) is 1.92. The molecule has 1 aliphatic carbocycles. The monoisotopic (exact) mass is 253 g/mol. The van der Waals surface area contributed by atoms with E-state index in [-0.39, 0.29) is 18.2 Å². The number of aromatic nitrogens is 1. The first-order valence-electron chi connectivity index (χ1n) is 6.22. The van der Waals surface area contributed by atoms with Gasteiger partial charge in [-0.3, -0.25) is 5.32 Å². The standard InChI is InChI=1S/C12H19N3O3/c1-4-17-10-5-9(6-10)13-12(16)14-11-7(2)8(3)18-15-11/h9-10H,4-6H2,1-3H3,(H2,13,14,15,16). The molecule has 0 bridgehead atoms. The second-order valence-corrected chi connectivity index (χ2v) is 4.56. The second-order valence-electron chi connectivity index (χ2n) is 4.56. The molecule has 0 aliphatic heterocycles. The summed E-state index contributed by atoms with van der Waals surface area (Å²) in [5.41, 5.74) is 0.853. The van der Waals surface area contributed by atoms with Crippen molar-refractivity contribution in [1.82, 2.24) is 10.5 Å². The molecule has 1 aliphatic rings. The first kappa shape index (κ1) is 12.9. The van der Waals surface area contributed by atoms with E-state index in [1.54, 1.807) is 0 Å². The zero-order valence-electron chi connectivity index (χ0n) is 10.9. The van der Waals surface area contributed by atoms with Crippen LogP contribution in [0, 0.1) is 13.8 Å². The van der Waals surface area contributed by atoms with Crippen LogP contribution in [-0.4, -0.2) is 29.9 Å². The highest BCUT2D eigenvalue weighted by Gasteiger charge is 2.30. The lowest BCUT2D eigenvalue weighted by atomic mass is 9.89. The van der Waals surface area contributed by atoms with E-state index >= 15 is 0 Å². The Hall–Kier alpha value is -1.56. The number of nitrogens with zero attached hydrogens (tertiary/aromatic N) is 1. The van der Waals surface area contributed by atoms with E-state index in [0.717, 1.165) is 25.0 Å². The van der Waals surface area contributed by atoms with Crippen molar-refractivity contribution in [2.75, 3.05) is 11.9 Å². The van der Waals surface area contributed by atoms with Crippen molar-refractivity contribution in [3.63, 3.8) is 0 Å². The van der Waals surface area contributed by atoms with Gasteiger partial charge in [-0.25, -0.2) is 4.79 Å². The largest absolute Gasteiger partial charge is 0.378 e. The summed E-state index contributed by atoms with van der Waals surface area (Å²) in [6.45, 7) is 6.37. The quantitative estimate of drug-likeness (QED) is 0.860. The molecule has 2 rings (SSSR count). The third-order valence-corrected chi connectivity index (χ3v) is 3.22. The number of hydrogen-bond acceptors (Lipinski definition) is 4. The SMILES string of the molecule is CCOC1CC(NC(=O)Nc2noc(C)c2C)C1. The Morgan fingerprint density at radius 1 is 1.50 bits per heavy atom. The Morgan fingerprint density at radius 3 is 2.78 bits per heavy atom. The number of aryl methyl sites for hydroxylation is 1. The van der Waals surface area contributed by atoms with E-state index < -0.39 is 0 Å². The van der Waals surface area contributed by atoms with Gasteiger partial charge in [0.2, 0.25) is 0 Å². The van der Waals surface area contributed by atoms with Gasteiger partial charge in [0, 0.05) is 18.2 Å². The maximum atomic E-state index is 11.7. The molecule has 0 unspecified atom stereocenters. The summed E-state index contributed by atoms with van der Waals surface area (Å²) >= 11 is 0. The van der Waals surface area contributed by atoms with Gasteiger partial charge in [0.15, 0.2) is 5.82 Å². The molecule has 1 saturated carbocycles. The summed E-state index contributed by atoms with van der Waals surface area (Å²) in [6, 6.07) is -0.0544. The van der Waals surface area contributed by atoms with Gasteiger partial charge in [-0.05, 0) is 33.6 Å². The topological polar surface area (TPSA) is 76.4 Å². The zero-order chi connectivity index (χ0) is 13.1. The zero-order valence-corrected chi connectivity index (χ0v) is 10.9. The summed E-state index contributed by atoms with van der Waals surface area (Å²) in [5.74, 6) is 1.19. The Morgan fingerprint density at radius 2 is 2.22 bits per heavy atom. The van der Waals surface area contributed by atoms with Crippen LogP contribution in [0.1, 0.15) is 31.1 Å². The Bertz CT molecular complexity index is 424. The van der Waals surface area contributed by atoms with Crippen LogP contribution < -0.4 is 10.6 Å². The van der Waals surface area contributed by atoms with Gasteiger partial charge in [0.05, 0.1) is 6.10 Å². The van der Waals surface area contributed by atoms with E-state index in [4.69, 9.17) is 9.26 Å². The van der Waals surface area contributed by atoms with E-state index in [1.807, 2.05) is 20.8 Å². The molecule has 0 atom stereocenters. The van der Waals surface area contributed by atoms with E-state index in [0.29, 0.717) is 11.6 Å². The summed E-state index contributed by atoms with van der Waals surface area (Å²) in [5, 5.41) is 9.34. The average Bonchev–Trinajstić information content (AvgIpc) is 2.58. The number of urea groups is 1. The van der Waals surface area contributed by atoms with E-state index in [1.165, 1.54) is 0 Å². The predicted octanol–water partition coefficient (Wildman–Crippen LogP) is 1.98. The smallest absolute Gasteiger partial charge is 0.320 e. The second kappa shape index (κ2) is 5.39. The van der Waals surface area contributed by atoms with Gasteiger partial charge in [0.1, 0.15) is 5.76 Å². The van der Waals surface area contributed by atoms with Crippen LogP contribution in [0.5, 0.6) is 0 Å². The lowest BCUT2D eigenvalue weighted by Crippen LogP contribution is -2.49. The van der Waals surface area contributed by atoms with Crippen molar-refractivity contribution in [3.05, 3.63) is 11.3 Å². The number of ether oxygens (including phenoxy) is 1. The van der Waals surface area contributed by atoms with Crippen LogP contribution in [0.25, 0.3) is 0 Å². The van der Waals surface area contributed by atoms with Crippen LogP contribution in [0.3, 0.4) is 0 Å². The molecule has 6 heteroatoms. The number of amides is 2. The van der Waals surface area contributed by atoms with Crippen molar-refractivity contribution < 1.29 is 14.1 Å². The molecule has 0 aromatic carbocycles. The molecule has 1 aromatic rings. The van der Waals surface area contributed by atoms with Crippen LogP contribution >= 0.6 is 0 Å². The summed E-state index contributed by atoms with van der Waals surface area (Å²) in [7, 11) is 0. The third-order valence-electron chi connectivity index (χ3n) is 3.22. The highest BCUT2D eigenvalue weighted by atomic mass is 16.5. The molecule has 100 valence electrons.